The molecule has 0 saturated heterocycles. The number of carbonyl (C=O) groups is 1. The summed E-state index contributed by atoms with van der Waals surface area (Å²) >= 11 is 13.5. The maximum atomic E-state index is 12.5. The molecule has 3 heterocycles. The van der Waals surface area contributed by atoms with E-state index in [4.69, 9.17) is 23.2 Å². The van der Waals surface area contributed by atoms with Crippen LogP contribution in [0, 0.1) is 0 Å². The largest absolute Gasteiger partial charge is 0.304 e. The van der Waals surface area contributed by atoms with Crippen molar-refractivity contribution in [2.45, 2.75) is 6.54 Å². The number of hydrogen-bond donors (Lipinski definition) is 1. The van der Waals surface area contributed by atoms with Gasteiger partial charge in [0.1, 0.15) is 0 Å². The molecule has 0 radical (unpaired) electrons. The van der Waals surface area contributed by atoms with Gasteiger partial charge in [-0.05, 0) is 48.0 Å². The molecule has 28 heavy (non-hydrogen) atoms. The Balaban J connectivity index is 1.45. The predicted octanol–water partition coefficient (Wildman–Crippen LogP) is 5.61. The summed E-state index contributed by atoms with van der Waals surface area (Å²) in [6.45, 7) is 0.537. The van der Waals surface area contributed by atoms with E-state index in [0.29, 0.717) is 27.3 Å². The molecule has 3 aromatic heterocycles. The van der Waals surface area contributed by atoms with Gasteiger partial charge in [0.15, 0.2) is 5.82 Å². The van der Waals surface area contributed by atoms with Crippen molar-refractivity contribution in [3.05, 3.63) is 87.6 Å². The topological polar surface area (TPSA) is 59.8 Å². The Bertz CT molecular complexity index is 1100. The number of benzene rings is 1. The minimum Gasteiger partial charge on any atom is -0.304 e. The summed E-state index contributed by atoms with van der Waals surface area (Å²) in [5.41, 5.74) is 1.77. The number of halogens is 2. The number of nitrogens with zero attached hydrogens (tertiary/aromatic N) is 3. The summed E-state index contributed by atoms with van der Waals surface area (Å²) < 4.78 is 1.73. The maximum Gasteiger partial charge on any atom is 0.266 e. The second-order valence-corrected chi connectivity index (χ2v) is 7.95. The summed E-state index contributed by atoms with van der Waals surface area (Å²) in [6.07, 6.45) is 3.54. The lowest BCUT2D eigenvalue weighted by atomic mass is 10.2. The standard InChI is InChI=1S/C20H14Cl2N4OS/c21-14-9-13(10-15(22)11-14)17-4-5-18(28-17)20(27)24-19-6-8-26(25-19)12-16-3-1-2-7-23-16/h1-11H,12H2,(H,24,25,27). The van der Waals surface area contributed by atoms with Gasteiger partial charge in [0.2, 0.25) is 0 Å². The van der Waals surface area contributed by atoms with Crippen LogP contribution in [-0.2, 0) is 6.54 Å². The van der Waals surface area contributed by atoms with Crippen LogP contribution in [0.1, 0.15) is 15.4 Å². The molecule has 4 rings (SSSR count). The van der Waals surface area contributed by atoms with Gasteiger partial charge < -0.3 is 5.32 Å². The molecule has 0 bridgehead atoms. The number of hydrogen-bond acceptors (Lipinski definition) is 4. The van der Waals surface area contributed by atoms with Crippen LogP contribution in [0.3, 0.4) is 0 Å². The minimum atomic E-state index is -0.215. The van der Waals surface area contributed by atoms with Crippen LogP contribution < -0.4 is 5.32 Å². The van der Waals surface area contributed by atoms with Crippen LogP contribution in [0.15, 0.2) is 67.0 Å². The molecular weight excluding hydrogens is 415 g/mol. The zero-order valence-electron chi connectivity index (χ0n) is 14.5. The second kappa shape index (κ2) is 8.14. The number of anilines is 1. The van der Waals surface area contributed by atoms with Gasteiger partial charge >= 0.3 is 0 Å². The van der Waals surface area contributed by atoms with Crippen LogP contribution in [0.4, 0.5) is 5.82 Å². The average Bonchev–Trinajstić information content (AvgIpc) is 3.32. The Kier molecular flexibility index (Phi) is 5.43. The lowest BCUT2D eigenvalue weighted by Gasteiger charge is -2.02. The van der Waals surface area contributed by atoms with Crippen LogP contribution in [0.25, 0.3) is 10.4 Å². The zero-order chi connectivity index (χ0) is 19.5. The van der Waals surface area contributed by atoms with E-state index in [-0.39, 0.29) is 5.91 Å². The molecule has 0 aliphatic heterocycles. The van der Waals surface area contributed by atoms with Crippen molar-refractivity contribution >= 4 is 46.3 Å². The number of carbonyl (C=O) groups excluding carboxylic acids is 1. The first-order valence-corrected chi connectivity index (χ1v) is 9.95. The van der Waals surface area contributed by atoms with E-state index >= 15 is 0 Å². The first-order valence-electron chi connectivity index (χ1n) is 8.38. The number of nitrogens with one attached hydrogen (secondary N) is 1. The second-order valence-electron chi connectivity index (χ2n) is 6.00. The molecule has 0 fully saturated rings. The Hall–Kier alpha value is -2.67. The zero-order valence-corrected chi connectivity index (χ0v) is 16.8. The van der Waals surface area contributed by atoms with Crippen molar-refractivity contribution in [2.75, 3.05) is 5.32 Å². The summed E-state index contributed by atoms with van der Waals surface area (Å²) in [5.74, 6) is 0.272. The SMILES string of the molecule is O=C(Nc1ccn(Cc2ccccn2)n1)c1ccc(-c2cc(Cl)cc(Cl)c2)s1. The monoisotopic (exact) mass is 428 g/mol. The first kappa shape index (κ1) is 18.7. The van der Waals surface area contributed by atoms with E-state index in [0.717, 1.165) is 16.1 Å². The number of rotatable bonds is 5. The molecule has 1 aromatic carbocycles. The van der Waals surface area contributed by atoms with Gasteiger partial charge in [-0.15, -0.1) is 11.3 Å². The van der Waals surface area contributed by atoms with Crippen molar-refractivity contribution < 1.29 is 4.79 Å². The molecule has 8 heteroatoms. The Morgan fingerprint density at radius 3 is 2.64 bits per heavy atom. The molecule has 5 nitrogen and oxygen atoms in total. The fourth-order valence-electron chi connectivity index (χ4n) is 2.66. The molecule has 0 aliphatic carbocycles. The van der Waals surface area contributed by atoms with Gasteiger partial charge in [-0.1, -0.05) is 29.3 Å². The quantitative estimate of drug-likeness (QED) is 0.448. The number of aromatic nitrogens is 3. The van der Waals surface area contributed by atoms with Gasteiger partial charge in [-0.3, -0.25) is 14.5 Å². The third-order valence-electron chi connectivity index (χ3n) is 3.91. The van der Waals surface area contributed by atoms with Crippen molar-refractivity contribution in [3.8, 4) is 10.4 Å². The third kappa shape index (κ3) is 4.42. The minimum absolute atomic E-state index is 0.215. The highest BCUT2D eigenvalue weighted by Crippen LogP contribution is 2.32. The molecular formula is C20H14Cl2N4OS. The van der Waals surface area contributed by atoms with E-state index < -0.39 is 0 Å². The molecule has 0 atom stereocenters. The van der Waals surface area contributed by atoms with Gasteiger partial charge in [-0.2, -0.15) is 5.10 Å². The van der Waals surface area contributed by atoms with Crippen molar-refractivity contribution in [3.63, 3.8) is 0 Å². The first-order chi connectivity index (χ1) is 13.6. The molecule has 140 valence electrons. The normalized spacial score (nSPS) is 10.8. The maximum absolute atomic E-state index is 12.5. The predicted molar refractivity (Wildman–Crippen MR) is 113 cm³/mol. The van der Waals surface area contributed by atoms with Crippen LogP contribution in [0.5, 0.6) is 0 Å². The van der Waals surface area contributed by atoms with Gasteiger partial charge in [0, 0.05) is 33.4 Å². The van der Waals surface area contributed by atoms with Gasteiger partial charge in [-0.25, -0.2) is 0 Å². The van der Waals surface area contributed by atoms with Crippen LogP contribution in [-0.4, -0.2) is 20.7 Å². The molecule has 4 aromatic rings. The van der Waals surface area contributed by atoms with Gasteiger partial charge in [0.25, 0.3) is 5.91 Å². The molecule has 1 amide bonds. The van der Waals surface area contributed by atoms with E-state index in [1.807, 2.05) is 36.4 Å². The number of thiophene rings is 1. The number of pyridine rings is 1. The molecule has 0 aliphatic rings. The summed E-state index contributed by atoms with van der Waals surface area (Å²) in [4.78, 5) is 18.3. The van der Waals surface area contributed by atoms with E-state index in [9.17, 15) is 4.79 Å². The Labute approximate surface area is 175 Å². The fraction of sp³-hybridized carbons (Fsp3) is 0.0500. The van der Waals surface area contributed by atoms with Crippen LogP contribution >= 0.6 is 34.5 Å². The average molecular weight is 429 g/mol. The highest BCUT2D eigenvalue weighted by atomic mass is 35.5. The van der Waals surface area contributed by atoms with Gasteiger partial charge in [0.05, 0.1) is 17.1 Å². The Morgan fingerprint density at radius 1 is 1.07 bits per heavy atom. The lowest BCUT2D eigenvalue weighted by Crippen LogP contribution is -2.11. The number of amides is 1. The smallest absolute Gasteiger partial charge is 0.266 e. The Morgan fingerprint density at radius 2 is 1.89 bits per heavy atom. The molecule has 0 spiro atoms. The summed E-state index contributed by atoms with van der Waals surface area (Å²) in [6, 6.07) is 16.4. The fourth-order valence-corrected chi connectivity index (χ4v) is 4.08. The van der Waals surface area contributed by atoms with Crippen molar-refractivity contribution in [1.82, 2.24) is 14.8 Å². The van der Waals surface area contributed by atoms with E-state index in [1.54, 1.807) is 35.3 Å². The summed E-state index contributed by atoms with van der Waals surface area (Å²) in [5, 5.41) is 8.30. The molecule has 1 N–H and O–H groups in total. The van der Waals surface area contributed by atoms with E-state index in [2.05, 4.69) is 15.4 Å². The van der Waals surface area contributed by atoms with Crippen molar-refractivity contribution in [2.24, 2.45) is 0 Å². The lowest BCUT2D eigenvalue weighted by molar-refractivity contribution is 0.103. The third-order valence-corrected chi connectivity index (χ3v) is 5.48. The highest BCUT2D eigenvalue weighted by molar-refractivity contribution is 7.17. The van der Waals surface area contributed by atoms with Crippen molar-refractivity contribution in [1.29, 1.82) is 0 Å². The van der Waals surface area contributed by atoms with Crippen LogP contribution in [0.2, 0.25) is 10.0 Å². The summed E-state index contributed by atoms with van der Waals surface area (Å²) in [7, 11) is 0. The molecule has 0 unspecified atom stereocenters. The highest BCUT2D eigenvalue weighted by Gasteiger charge is 2.13. The molecule has 0 saturated carbocycles. The van der Waals surface area contributed by atoms with E-state index in [1.165, 1.54) is 11.3 Å².